The fraction of sp³-hybridized carbons (Fsp3) is 0.280. The fourth-order valence-electron chi connectivity index (χ4n) is 3.67. The lowest BCUT2D eigenvalue weighted by atomic mass is 10.1. The van der Waals surface area contributed by atoms with Crippen LogP contribution >= 0.6 is 22.9 Å². The van der Waals surface area contributed by atoms with Crippen molar-refractivity contribution in [3.63, 3.8) is 0 Å². The Balaban J connectivity index is 1.58. The number of rotatable bonds is 6. The smallest absolute Gasteiger partial charge is 0.268 e. The van der Waals surface area contributed by atoms with E-state index in [4.69, 9.17) is 16.3 Å². The first-order chi connectivity index (χ1) is 15.8. The van der Waals surface area contributed by atoms with Gasteiger partial charge in [0.05, 0.1) is 22.2 Å². The van der Waals surface area contributed by atoms with Crippen LogP contribution in [0.1, 0.15) is 21.7 Å². The van der Waals surface area contributed by atoms with Crippen LogP contribution in [0.25, 0.3) is 10.4 Å². The molecule has 172 valence electrons. The molecule has 0 bridgehead atoms. The van der Waals surface area contributed by atoms with Crippen molar-refractivity contribution in [2.75, 3.05) is 44.5 Å². The number of nitrogens with one attached hydrogen (secondary N) is 1. The van der Waals surface area contributed by atoms with Crippen LogP contribution < -0.4 is 15.0 Å². The SMILES string of the molecule is CN(C)CCC(=O)Nc1ccc2c(c1)OCCc1cc(C(=O)N(C)c3ccccc3Cl)sc1-2. The van der Waals surface area contributed by atoms with E-state index in [2.05, 4.69) is 5.32 Å². The molecule has 6 nitrogen and oxygen atoms in total. The highest BCUT2D eigenvalue weighted by Gasteiger charge is 2.24. The molecule has 2 heterocycles. The number of anilines is 2. The number of fused-ring (bicyclic) bond motifs is 3. The highest BCUT2D eigenvalue weighted by atomic mass is 35.5. The van der Waals surface area contributed by atoms with E-state index in [9.17, 15) is 9.59 Å². The molecule has 0 aliphatic carbocycles. The number of carbonyl (C=O) groups is 2. The molecule has 1 aliphatic rings. The highest BCUT2D eigenvalue weighted by molar-refractivity contribution is 7.17. The molecule has 0 saturated heterocycles. The van der Waals surface area contributed by atoms with Crippen molar-refractivity contribution in [2.45, 2.75) is 12.8 Å². The zero-order valence-corrected chi connectivity index (χ0v) is 20.4. The van der Waals surface area contributed by atoms with Crippen molar-refractivity contribution < 1.29 is 14.3 Å². The quantitative estimate of drug-likeness (QED) is 0.525. The second-order valence-corrected chi connectivity index (χ2v) is 9.65. The molecule has 1 aromatic heterocycles. The molecular formula is C25H26ClN3O3S. The Hall–Kier alpha value is -2.87. The van der Waals surface area contributed by atoms with Gasteiger partial charge < -0.3 is 19.9 Å². The number of ether oxygens (including phenoxy) is 1. The third-order valence-electron chi connectivity index (χ3n) is 5.46. The topological polar surface area (TPSA) is 61.9 Å². The Morgan fingerprint density at radius 2 is 1.91 bits per heavy atom. The first-order valence-electron chi connectivity index (χ1n) is 10.7. The first kappa shape index (κ1) is 23.3. The third-order valence-corrected chi connectivity index (χ3v) is 6.98. The van der Waals surface area contributed by atoms with Gasteiger partial charge in [-0.3, -0.25) is 9.59 Å². The normalized spacial score (nSPS) is 12.4. The van der Waals surface area contributed by atoms with Crippen LogP contribution in [-0.2, 0) is 11.2 Å². The molecule has 0 saturated carbocycles. The number of halogens is 1. The van der Waals surface area contributed by atoms with Crippen LogP contribution in [-0.4, -0.2) is 51.0 Å². The largest absolute Gasteiger partial charge is 0.492 e. The number of benzene rings is 2. The number of amides is 2. The highest BCUT2D eigenvalue weighted by Crippen LogP contribution is 2.42. The van der Waals surface area contributed by atoms with Crippen LogP contribution in [0, 0.1) is 0 Å². The molecule has 8 heteroatoms. The maximum Gasteiger partial charge on any atom is 0.268 e. The van der Waals surface area contributed by atoms with Gasteiger partial charge in [-0.2, -0.15) is 0 Å². The van der Waals surface area contributed by atoms with Crippen LogP contribution in [0.4, 0.5) is 11.4 Å². The average Bonchev–Trinajstić information content (AvgIpc) is 3.13. The van der Waals surface area contributed by atoms with Crippen LogP contribution in [0.3, 0.4) is 0 Å². The third kappa shape index (κ3) is 5.21. The van der Waals surface area contributed by atoms with Crippen LogP contribution in [0.5, 0.6) is 5.75 Å². The molecule has 1 aliphatic heterocycles. The van der Waals surface area contributed by atoms with Crippen molar-refractivity contribution >= 4 is 46.1 Å². The summed E-state index contributed by atoms with van der Waals surface area (Å²) >= 11 is 7.74. The van der Waals surface area contributed by atoms with Gasteiger partial charge in [0.2, 0.25) is 5.91 Å². The average molecular weight is 484 g/mol. The maximum absolute atomic E-state index is 13.2. The predicted molar refractivity (Wildman–Crippen MR) is 135 cm³/mol. The van der Waals surface area contributed by atoms with Gasteiger partial charge in [0.15, 0.2) is 0 Å². The van der Waals surface area contributed by atoms with E-state index in [-0.39, 0.29) is 11.8 Å². The summed E-state index contributed by atoms with van der Waals surface area (Å²) < 4.78 is 5.98. The Labute approximate surface area is 202 Å². The van der Waals surface area contributed by atoms with Gasteiger partial charge in [0.1, 0.15) is 5.75 Å². The number of carbonyl (C=O) groups excluding carboxylic acids is 2. The lowest BCUT2D eigenvalue weighted by molar-refractivity contribution is -0.116. The Morgan fingerprint density at radius 1 is 1.12 bits per heavy atom. The lowest BCUT2D eigenvalue weighted by Crippen LogP contribution is -2.25. The lowest BCUT2D eigenvalue weighted by Gasteiger charge is -2.17. The van der Waals surface area contributed by atoms with E-state index in [0.29, 0.717) is 53.0 Å². The summed E-state index contributed by atoms with van der Waals surface area (Å²) in [6, 6.07) is 14.9. The van der Waals surface area contributed by atoms with E-state index in [1.165, 1.54) is 11.3 Å². The Kier molecular flexibility index (Phi) is 7.02. The Bertz CT molecular complexity index is 1190. The molecule has 33 heavy (non-hydrogen) atoms. The minimum Gasteiger partial charge on any atom is -0.492 e. The summed E-state index contributed by atoms with van der Waals surface area (Å²) in [7, 11) is 5.61. The summed E-state index contributed by atoms with van der Waals surface area (Å²) in [5.74, 6) is 0.567. The summed E-state index contributed by atoms with van der Waals surface area (Å²) in [6.07, 6.45) is 1.12. The van der Waals surface area contributed by atoms with Gasteiger partial charge in [-0.15, -0.1) is 11.3 Å². The zero-order chi connectivity index (χ0) is 23.5. The monoisotopic (exact) mass is 483 g/mol. The molecule has 0 fully saturated rings. The van der Waals surface area contributed by atoms with E-state index >= 15 is 0 Å². The summed E-state index contributed by atoms with van der Waals surface area (Å²) in [5, 5.41) is 3.47. The molecule has 0 radical (unpaired) electrons. The molecule has 0 unspecified atom stereocenters. The minimum absolute atomic E-state index is 0.0374. The second kappa shape index (κ2) is 9.95. The van der Waals surface area contributed by atoms with E-state index in [0.717, 1.165) is 16.0 Å². The fourth-order valence-corrected chi connectivity index (χ4v) is 5.15. The molecule has 2 aromatic carbocycles. The van der Waals surface area contributed by atoms with Crippen LogP contribution in [0.2, 0.25) is 5.02 Å². The van der Waals surface area contributed by atoms with Crippen molar-refractivity contribution in [1.29, 1.82) is 0 Å². The van der Waals surface area contributed by atoms with Crippen molar-refractivity contribution in [3.8, 4) is 16.2 Å². The number of hydrogen-bond donors (Lipinski definition) is 1. The number of nitrogens with zero attached hydrogens (tertiary/aromatic N) is 2. The maximum atomic E-state index is 13.2. The molecular weight excluding hydrogens is 458 g/mol. The molecule has 1 N–H and O–H groups in total. The van der Waals surface area contributed by atoms with Crippen molar-refractivity contribution in [2.24, 2.45) is 0 Å². The summed E-state index contributed by atoms with van der Waals surface area (Å²) in [6.45, 7) is 1.19. The van der Waals surface area contributed by atoms with Gasteiger partial charge in [-0.25, -0.2) is 0 Å². The molecule has 0 spiro atoms. The second-order valence-electron chi connectivity index (χ2n) is 8.19. The summed E-state index contributed by atoms with van der Waals surface area (Å²) in [5.41, 5.74) is 3.38. The summed E-state index contributed by atoms with van der Waals surface area (Å²) in [4.78, 5) is 30.6. The first-order valence-corrected chi connectivity index (χ1v) is 11.9. The van der Waals surface area contributed by atoms with Gasteiger partial charge >= 0.3 is 0 Å². The van der Waals surface area contributed by atoms with Gasteiger partial charge in [0.25, 0.3) is 5.91 Å². The zero-order valence-electron chi connectivity index (χ0n) is 18.9. The molecule has 4 rings (SSSR count). The van der Waals surface area contributed by atoms with Gasteiger partial charge in [-0.1, -0.05) is 23.7 Å². The number of para-hydroxylation sites is 1. The van der Waals surface area contributed by atoms with E-state index in [1.807, 2.05) is 61.5 Å². The standard InChI is InChI=1S/C25H26ClN3O3S/c1-28(2)12-10-23(30)27-17-8-9-18-21(15-17)32-13-11-16-14-22(33-24(16)18)25(31)29(3)20-7-5-4-6-19(20)26/h4-9,14-15H,10-13H2,1-3H3,(H,27,30). The molecule has 2 amide bonds. The van der Waals surface area contributed by atoms with Gasteiger partial charge in [0, 0.05) is 48.6 Å². The molecule has 3 aromatic rings. The van der Waals surface area contributed by atoms with E-state index in [1.54, 1.807) is 18.0 Å². The predicted octanol–water partition coefficient (Wildman–Crippen LogP) is 5.17. The minimum atomic E-state index is -0.103. The number of thiophene rings is 1. The van der Waals surface area contributed by atoms with Gasteiger partial charge in [-0.05, 0) is 50.0 Å². The van der Waals surface area contributed by atoms with Crippen LogP contribution in [0.15, 0.2) is 48.5 Å². The van der Waals surface area contributed by atoms with E-state index < -0.39 is 0 Å². The number of hydrogen-bond acceptors (Lipinski definition) is 5. The van der Waals surface area contributed by atoms with Crippen molar-refractivity contribution in [1.82, 2.24) is 4.90 Å². The molecule has 0 atom stereocenters. The van der Waals surface area contributed by atoms with Crippen molar-refractivity contribution in [3.05, 3.63) is 64.0 Å². The Morgan fingerprint density at radius 3 is 2.67 bits per heavy atom.